The Kier molecular flexibility index (Phi) is 9.93. The van der Waals surface area contributed by atoms with Crippen molar-refractivity contribution in [2.24, 2.45) is 17.8 Å². The van der Waals surface area contributed by atoms with Gasteiger partial charge in [-0.3, -0.25) is 19.4 Å². The Bertz CT molecular complexity index is 1430. The highest BCUT2D eigenvalue weighted by atomic mass is 16.5. The summed E-state index contributed by atoms with van der Waals surface area (Å²) in [5, 5.41) is 21.3. The van der Waals surface area contributed by atoms with E-state index in [1.165, 1.54) is 16.7 Å². The number of amides is 2. The number of para-hydroxylation sites is 1. The minimum Gasteiger partial charge on any atom is -0.507 e. The van der Waals surface area contributed by atoms with Crippen LogP contribution in [0.3, 0.4) is 0 Å². The number of aromatic hydroxyl groups is 1. The number of piperidine rings is 1. The zero-order valence-corrected chi connectivity index (χ0v) is 26.7. The van der Waals surface area contributed by atoms with E-state index in [1.54, 1.807) is 11.0 Å². The third kappa shape index (κ3) is 6.69. The molecule has 45 heavy (non-hydrogen) atoms. The molecule has 2 N–H and O–H groups in total. The molecule has 0 bridgehead atoms. The largest absolute Gasteiger partial charge is 0.507 e. The number of hydrogen-bond acceptors (Lipinski definition) is 6. The van der Waals surface area contributed by atoms with E-state index in [1.807, 2.05) is 24.3 Å². The number of imide groups is 1. The van der Waals surface area contributed by atoms with Crippen molar-refractivity contribution in [2.75, 3.05) is 13.1 Å². The Balaban J connectivity index is 1.17. The first-order chi connectivity index (χ1) is 21.9. The molecule has 3 saturated heterocycles. The predicted molar refractivity (Wildman–Crippen MR) is 177 cm³/mol. The van der Waals surface area contributed by atoms with Gasteiger partial charge >= 0.3 is 7.12 Å². The summed E-state index contributed by atoms with van der Waals surface area (Å²) in [6, 6.07) is 17.8. The molecule has 3 aliphatic heterocycles. The van der Waals surface area contributed by atoms with Gasteiger partial charge in [-0.2, -0.15) is 0 Å². The van der Waals surface area contributed by atoms with E-state index in [4.69, 9.17) is 4.65 Å². The number of nitrogens with zero attached hydrogens (tertiary/aromatic N) is 2. The average molecular weight is 611 g/mol. The SMILES string of the molecule is CCC/C(=C\c1ccccc1O)CC[C@H]1OB(O)C[C@H]2C1=C(CC)C[C@H]1C(=O)N(C3CCN(Cc4ccccc4)CC3)C(=O)[C@H]12. The molecule has 0 spiro atoms. The van der Waals surface area contributed by atoms with Crippen LogP contribution in [0.25, 0.3) is 6.08 Å². The van der Waals surface area contributed by atoms with Crippen molar-refractivity contribution in [3.8, 4) is 5.75 Å². The maximum Gasteiger partial charge on any atom is 0.455 e. The lowest BCUT2D eigenvalue weighted by molar-refractivity contribution is -0.144. The lowest BCUT2D eigenvalue weighted by Gasteiger charge is -2.43. The van der Waals surface area contributed by atoms with Crippen LogP contribution in [0.4, 0.5) is 0 Å². The van der Waals surface area contributed by atoms with Gasteiger partial charge in [-0.05, 0) is 74.4 Å². The number of phenolic OH excluding ortho intramolecular Hbond substituents is 1. The number of allylic oxidation sites excluding steroid dienone is 2. The molecule has 0 unspecified atom stereocenters. The predicted octanol–water partition coefficient (Wildman–Crippen LogP) is 6.23. The number of likely N-dealkylation sites (tertiary alicyclic amines) is 2. The smallest absolute Gasteiger partial charge is 0.455 e. The third-order valence-corrected chi connectivity index (χ3v) is 10.5. The first-order valence-electron chi connectivity index (χ1n) is 17.0. The molecule has 238 valence electrons. The fraction of sp³-hybridized carbons (Fsp3) is 0.514. The maximum absolute atomic E-state index is 14.2. The van der Waals surface area contributed by atoms with Crippen LogP contribution in [-0.4, -0.2) is 64.1 Å². The fourth-order valence-corrected chi connectivity index (χ4v) is 8.40. The molecule has 3 fully saturated rings. The summed E-state index contributed by atoms with van der Waals surface area (Å²) >= 11 is 0. The normalized spacial score (nSPS) is 26.4. The Hall–Kier alpha value is -3.20. The zero-order chi connectivity index (χ0) is 31.5. The van der Waals surface area contributed by atoms with Gasteiger partial charge in [0, 0.05) is 31.2 Å². The van der Waals surface area contributed by atoms with Crippen LogP contribution in [0.15, 0.2) is 71.3 Å². The second kappa shape index (κ2) is 14.1. The third-order valence-electron chi connectivity index (χ3n) is 10.5. The second-order valence-electron chi connectivity index (χ2n) is 13.4. The van der Waals surface area contributed by atoms with Crippen LogP contribution < -0.4 is 0 Å². The summed E-state index contributed by atoms with van der Waals surface area (Å²) in [7, 11) is -0.962. The lowest BCUT2D eigenvalue weighted by Crippen LogP contribution is -2.48. The lowest BCUT2D eigenvalue weighted by atomic mass is 9.58. The van der Waals surface area contributed by atoms with Crippen LogP contribution in [0, 0.1) is 17.8 Å². The molecular weight excluding hydrogens is 563 g/mol. The van der Waals surface area contributed by atoms with E-state index in [0.717, 1.165) is 69.3 Å². The molecule has 1 aliphatic carbocycles. The standard InChI is InChI=1S/C37H47BN2O5/c1-3-10-25(21-28-13-8-9-14-32(28)41)15-16-33-34-27(4-2)22-30-35(31(34)23-38(44)45-33)37(43)40(36(30)42)29-17-19-39(20-18-29)24-26-11-6-5-7-12-26/h5-9,11-14,21,29-31,33,35,41,44H,3-4,10,15-20,22-24H2,1-2H3/b25-21+/t30-,31+,33-,35-/m1/s1. The number of fused-ring (bicyclic) bond motifs is 3. The van der Waals surface area contributed by atoms with Crippen molar-refractivity contribution in [1.29, 1.82) is 0 Å². The van der Waals surface area contributed by atoms with Crippen molar-refractivity contribution in [3.05, 3.63) is 82.4 Å². The van der Waals surface area contributed by atoms with E-state index in [0.29, 0.717) is 19.2 Å². The molecule has 2 aromatic carbocycles. The van der Waals surface area contributed by atoms with E-state index in [-0.39, 0.29) is 41.5 Å². The van der Waals surface area contributed by atoms with Gasteiger partial charge in [0.1, 0.15) is 5.75 Å². The van der Waals surface area contributed by atoms with E-state index in [9.17, 15) is 19.7 Å². The zero-order valence-electron chi connectivity index (χ0n) is 26.7. The summed E-state index contributed by atoms with van der Waals surface area (Å²) in [6.07, 6.45) is 8.49. The molecule has 0 radical (unpaired) electrons. The molecule has 2 amide bonds. The minimum atomic E-state index is -0.962. The highest BCUT2D eigenvalue weighted by molar-refractivity contribution is 6.43. The maximum atomic E-state index is 14.2. The van der Waals surface area contributed by atoms with Gasteiger partial charge < -0.3 is 14.8 Å². The summed E-state index contributed by atoms with van der Waals surface area (Å²) in [5.41, 5.74) is 5.69. The molecule has 6 rings (SSSR count). The molecule has 7 nitrogen and oxygen atoms in total. The van der Waals surface area contributed by atoms with Gasteiger partial charge in [0.25, 0.3) is 0 Å². The van der Waals surface area contributed by atoms with Gasteiger partial charge in [0.05, 0.1) is 17.9 Å². The minimum absolute atomic E-state index is 0.00937. The first kappa shape index (κ1) is 31.8. The number of rotatable bonds is 10. The Morgan fingerprint density at radius 1 is 0.978 bits per heavy atom. The second-order valence-corrected chi connectivity index (χ2v) is 13.4. The van der Waals surface area contributed by atoms with Crippen molar-refractivity contribution < 1.29 is 24.4 Å². The molecule has 0 aromatic heterocycles. The van der Waals surface area contributed by atoms with Crippen LogP contribution in [0.5, 0.6) is 5.75 Å². The quantitative estimate of drug-likeness (QED) is 0.189. The summed E-state index contributed by atoms with van der Waals surface area (Å²) in [4.78, 5) is 32.2. The van der Waals surface area contributed by atoms with Crippen molar-refractivity contribution in [1.82, 2.24) is 9.80 Å². The number of phenols is 1. The van der Waals surface area contributed by atoms with Gasteiger partial charge in [-0.25, -0.2) is 0 Å². The average Bonchev–Trinajstić information content (AvgIpc) is 3.30. The summed E-state index contributed by atoms with van der Waals surface area (Å²) < 4.78 is 6.21. The number of benzene rings is 2. The topological polar surface area (TPSA) is 90.3 Å². The van der Waals surface area contributed by atoms with E-state index >= 15 is 0 Å². The van der Waals surface area contributed by atoms with Gasteiger partial charge in [0.2, 0.25) is 11.8 Å². The van der Waals surface area contributed by atoms with Crippen LogP contribution >= 0.6 is 0 Å². The molecule has 2 aromatic rings. The highest BCUT2D eigenvalue weighted by Crippen LogP contribution is 2.52. The number of hydrogen-bond donors (Lipinski definition) is 2. The van der Waals surface area contributed by atoms with Crippen molar-refractivity contribution >= 4 is 25.0 Å². The van der Waals surface area contributed by atoms with Crippen LogP contribution in [-0.2, 0) is 20.8 Å². The monoisotopic (exact) mass is 610 g/mol. The van der Waals surface area contributed by atoms with Gasteiger partial charge in [-0.1, -0.05) is 86.0 Å². The van der Waals surface area contributed by atoms with E-state index < -0.39 is 13.0 Å². The van der Waals surface area contributed by atoms with Crippen molar-refractivity contribution in [3.63, 3.8) is 0 Å². The Labute approximate surface area is 268 Å². The number of carbonyl (C=O) groups is 2. The van der Waals surface area contributed by atoms with Crippen LogP contribution in [0.1, 0.15) is 76.3 Å². The first-order valence-corrected chi connectivity index (χ1v) is 17.0. The molecular formula is C37H47BN2O5. The molecule has 3 heterocycles. The fourth-order valence-electron chi connectivity index (χ4n) is 8.40. The summed E-state index contributed by atoms with van der Waals surface area (Å²) in [5.74, 6) is -0.721. The number of carbonyl (C=O) groups excluding carboxylic acids is 2. The van der Waals surface area contributed by atoms with E-state index in [2.05, 4.69) is 49.1 Å². The Morgan fingerprint density at radius 2 is 1.71 bits per heavy atom. The molecule has 8 heteroatoms. The summed E-state index contributed by atoms with van der Waals surface area (Å²) in [6.45, 7) is 6.89. The molecule has 0 saturated carbocycles. The van der Waals surface area contributed by atoms with Crippen molar-refractivity contribution in [2.45, 2.75) is 90.2 Å². The highest BCUT2D eigenvalue weighted by Gasteiger charge is 2.58. The molecule has 4 aliphatic rings. The van der Waals surface area contributed by atoms with Gasteiger partial charge in [0.15, 0.2) is 0 Å². The Morgan fingerprint density at radius 3 is 2.42 bits per heavy atom. The molecule has 4 atom stereocenters. The van der Waals surface area contributed by atoms with Crippen LogP contribution in [0.2, 0.25) is 6.32 Å². The van der Waals surface area contributed by atoms with Gasteiger partial charge in [-0.15, -0.1) is 0 Å².